The van der Waals surface area contributed by atoms with Gasteiger partial charge in [-0.2, -0.15) is 0 Å². The Balaban J connectivity index is 1.66. The van der Waals surface area contributed by atoms with Crippen LogP contribution >= 0.6 is 0 Å². The molecule has 26 heavy (non-hydrogen) atoms. The molecule has 3 aromatic rings. The molecule has 0 aliphatic rings. The van der Waals surface area contributed by atoms with Gasteiger partial charge in [-0.05, 0) is 43.3 Å². The first-order chi connectivity index (χ1) is 12.6. The van der Waals surface area contributed by atoms with Crippen LogP contribution in [-0.2, 0) is 17.9 Å². The molecule has 0 saturated heterocycles. The van der Waals surface area contributed by atoms with E-state index in [0.29, 0.717) is 24.3 Å². The van der Waals surface area contributed by atoms with Gasteiger partial charge in [0.1, 0.15) is 11.5 Å². The van der Waals surface area contributed by atoms with Crippen LogP contribution in [0.3, 0.4) is 0 Å². The van der Waals surface area contributed by atoms with Gasteiger partial charge in [-0.3, -0.25) is 14.5 Å². The number of furan rings is 2. The number of ketones is 1. The molecule has 0 atom stereocenters. The molecule has 0 radical (unpaired) electrons. The minimum Gasteiger partial charge on any atom is -0.468 e. The van der Waals surface area contributed by atoms with E-state index in [9.17, 15) is 9.59 Å². The summed E-state index contributed by atoms with van der Waals surface area (Å²) in [5, 5.41) is 2.83. The number of rotatable bonds is 8. The molecule has 0 aliphatic heterocycles. The highest BCUT2D eigenvalue weighted by molar-refractivity contribution is 5.97. The van der Waals surface area contributed by atoms with E-state index in [1.165, 1.54) is 6.92 Å². The Morgan fingerprint density at radius 2 is 1.62 bits per heavy atom. The molecule has 6 heteroatoms. The number of nitrogens with zero attached hydrogens (tertiary/aromatic N) is 1. The number of carbonyl (C=O) groups excluding carboxylic acids is 2. The normalized spacial score (nSPS) is 10.8. The van der Waals surface area contributed by atoms with Crippen molar-refractivity contribution in [3.8, 4) is 0 Å². The molecule has 1 amide bonds. The molecule has 0 unspecified atom stereocenters. The smallest absolute Gasteiger partial charge is 0.238 e. The third-order valence-corrected chi connectivity index (χ3v) is 3.84. The van der Waals surface area contributed by atoms with Crippen molar-refractivity contribution < 1.29 is 18.4 Å². The molecule has 0 spiro atoms. The molecule has 1 aromatic carbocycles. The lowest BCUT2D eigenvalue weighted by molar-refractivity contribution is -0.117. The lowest BCUT2D eigenvalue weighted by atomic mass is 10.1. The Kier molecular flexibility index (Phi) is 5.66. The number of nitrogens with one attached hydrogen (secondary N) is 1. The molecular formula is C20H20N2O4. The first-order valence-electron chi connectivity index (χ1n) is 8.28. The highest BCUT2D eigenvalue weighted by Gasteiger charge is 2.15. The van der Waals surface area contributed by atoms with Crippen molar-refractivity contribution in [2.45, 2.75) is 20.0 Å². The van der Waals surface area contributed by atoms with Crippen molar-refractivity contribution >= 4 is 17.4 Å². The second-order valence-electron chi connectivity index (χ2n) is 5.99. The van der Waals surface area contributed by atoms with E-state index in [1.807, 2.05) is 29.2 Å². The highest BCUT2D eigenvalue weighted by atomic mass is 16.3. The molecule has 6 nitrogen and oxygen atoms in total. The van der Waals surface area contributed by atoms with E-state index in [1.54, 1.807) is 36.8 Å². The van der Waals surface area contributed by atoms with Gasteiger partial charge in [0.05, 0.1) is 32.2 Å². The molecule has 2 aromatic heterocycles. The molecule has 134 valence electrons. The lowest BCUT2D eigenvalue weighted by Crippen LogP contribution is -2.32. The van der Waals surface area contributed by atoms with Gasteiger partial charge in [0.15, 0.2) is 5.78 Å². The summed E-state index contributed by atoms with van der Waals surface area (Å²) in [5.41, 5.74) is 1.16. The summed E-state index contributed by atoms with van der Waals surface area (Å²) in [4.78, 5) is 25.9. The van der Waals surface area contributed by atoms with E-state index in [-0.39, 0.29) is 18.2 Å². The summed E-state index contributed by atoms with van der Waals surface area (Å²) in [5.74, 6) is 1.31. The lowest BCUT2D eigenvalue weighted by Gasteiger charge is -2.19. The Bertz CT molecular complexity index is 818. The van der Waals surface area contributed by atoms with E-state index in [2.05, 4.69) is 5.32 Å². The van der Waals surface area contributed by atoms with Gasteiger partial charge < -0.3 is 14.2 Å². The molecule has 0 bridgehead atoms. The van der Waals surface area contributed by atoms with Crippen LogP contribution < -0.4 is 5.32 Å². The minimum absolute atomic E-state index is 0.0432. The molecular weight excluding hydrogens is 332 g/mol. The number of hydrogen-bond acceptors (Lipinski definition) is 5. The van der Waals surface area contributed by atoms with Crippen LogP contribution in [0.15, 0.2) is 69.9 Å². The second-order valence-corrected chi connectivity index (χ2v) is 5.99. The number of carbonyl (C=O) groups is 2. The van der Waals surface area contributed by atoms with Crippen LogP contribution in [0, 0.1) is 0 Å². The molecule has 0 saturated carbocycles. The number of Topliss-reactive ketones (excluding diaryl/α,β-unsaturated/α-hetero) is 1. The Hall–Kier alpha value is -3.12. The average Bonchev–Trinajstić information content (AvgIpc) is 3.29. The van der Waals surface area contributed by atoms with Crippen LogP contribution in [0.25, 0.3) is 0 Å². The Morgan fingerprint density at radius 1 is 0.962 bits per heavy atom. The Morgan fingerprint density at radius 3 is 2.15 bits per heavy atom. The standard InChI is InChI=1S/C20H20N2O4/c1-15(23)16-5-2-6-17(11-16)21-20(24)14-22(12-18-7-3-9-25-18)13-19-8-4-10-26-19/h2-11H,12-14H2,1H3,(H,21,24). The number of anilines is 1. The second kappa shape index (κ2) is 8.31. The number of benzene rings is 1. The molecule has 0 fully saturated rings. The fraction of sp³-hybridized carbons (Fsp3) is 0.200. The van der Waals surface area contributed by atoms with Crippen molar-refractivity contribution in [2.24, 2.45) is 0 Å². The number of amides is 1. The van der Waals surface area contributed by atoms with Gasteiger partial charge >= 0.3 is 0 Å². The average molecular weight is 352 g/mol. The zero-order valence-electron chi connectivity index (χ0n) is 14.5. The van der Waals surface area contributed by atoms with Gasteiger partial charge in [0.2, 0.25) is 5.91 Å². The summed E-state index contributed by atoms with van der Waals surface area (Å²) in [6.07, 6.45) is 3.21. The molecule has 0 aliphatic carbocycles. The maximum Gasteiger partial charge on any atom is 0.238 e. The van der Waals surface area contributed by atoms with Crippen LogP contribution in [0.5, 0.6) is 0 Å². The molecule has 3 rings (SSSR count). The van der Waals surface area contributed by atoms with Crippen molar-refractivity contribution in [1.29, 1.82) is 0 Å². The van der Waals surface area contributed by atoms with E-state index < -0.39 is 0 Å². The van der Waals surface area contributed by atoms with Crippen LogP contribution in [0.4, 0.5) is 5.69 Å². The minimum atomic E-state index is -0.177. The van der Waals surface area contributed by atoms with Gasteiger partial charge in [-0.15, -0.1) is 0 Å². The van der Waals surface area contributed by atoms with Crippen molar-refractivity contribution in [3.63, 3.8) is 0 Å². The van der Waals surface area contributed by atoms with Crippen LogP contribution in [0.2, 0.25) is 0 Å². The summed E-state index contributed by atoms with van der Waals surface area (Å²) < 4.78 is 10.8. The maximum atomic E-state index is 12.5. The van der Waals surface area contributed by atoms with Gasteiger partial charge in [0.25, 0.3) is 0 Å². The maximum absolute atomic E-state index is 12.5. The monoisotopic (exact) mass is 352 g/mol. The molecule has 1 N–H and O–H groups in total. The van der Waals surface area contributed by atoms with Crippen molar-refractivity contribution in [2.75, 3.05) is 11.9 Å². The highest BCUT2D eigenvalue weighted by Crippen LogP contribution is 2.13. The Labute approximate surface area is 151 Å². The fourth-order valence-corrected chi connectivity index (χ4v) is 2.63. The number of hydrogen-bond donors (Lipinski definition) is 1. The fourth-order valence-electron chi connectivity index (χ4n) is 2.63. The van der Waals surface area contributed by atoms with Crippen molar-refractivity contribution in [3.05, 3.63) is 78.1 Å². The van der Waals surface area contributed by atoms with E-state index >= 15 is 0 Å². The topological polar surface area (TPSA) is 75.7 Å². The quantitative estimate of drug-likeness (QED) is 0.625. The first-order valence-corrected chi connectivity index (χ1v) is 8.28. The summed E-state index contributed by atoms with van der Waals surface area (Å²) in [6.45, 7) is 2.62. The first kappa shape index (κ1) is 17.7. The summed E-state index contributed by atoms with van der Waals surface area (Å²) >= 11 is 0. The van der Waals surface area contributed by atoms with E-state index in [4.69, 9.17) is 8.83 Å². The van der Waals surface area contributed by atoms with Gasteiger partial charge in [-0.1, -0.05) is 12.1 Å². The molecule has 2 heterocycles. The predicted molar refractivity (Wildman–Crippen MR) is 96.6 cm³/mol. The van der Waals surface area contributed by atoms with Crippen LogP contribution in [0.1, 0.15) is 28.8 Å². The van der Waals surface area contributed by atoms with Crippen LogP contribution in [-0.4, -0.2) is 23.1 Å². The third-order valence-electron chi connectivity index (χ3n) is 3.84. The zero-order chi connectivity index (χ0) is 18.4. The third kappa shape index (κ3) is 4.94. The predicted octanol–water partition coefficient (Wildman–Crippen LogP) is 3.72. The zero-order valence-corrected chi connectivity index (χ0v) is 14.5. The summed E-state index contributed by atoms with van der Waals surface area (Å²) in [7, 11) is 0. The van der Waals surface area contributed by atoms with Crippen molar-refractivity contribution in [1.82, 2.24) is 4.90 Å². The SMILES string of the molecule is CC(=O)c1cccc(NC(=O)CN(Cc2ccco2)Cc2ccco2)c1. The van der Waals surface area contributed by atoms with E-state index in [0.717, 1.165) is 11.5 Å². The van der Waals surface area contributed by atoms with Gasteiger partial charge in [0, 0.05) is 11.3 Å². The van der Waals surface area contributed by atoms with Gasteiger partial charge in [-0.25, -0.2) is 0 Å². The summed E-state index contributed by atoms with van der Waals surface area (Å²) in [6, 6.07) is 14.2. The largest absolute Gasteiger partial charge is 0.468 e.